The number of rotatable bonds is 3. The molecule has 2 aromatic rings. The summed E-state index contributed by atoms with van der Waals surface area (Å²) in [6.45, 7) is 8.24. The third-order valence-corrected chi connectivity index (χ3v) is 5.02. The molecular formula is C21H24BrNO4. The molecule has 2 aromatic carbocycles. The predicted octanol–water partition coefficient (Wildman–Crippen LogP) is 5.86. The van der Waals surface area contributed by atoms with Crippen LogP contribution in [0.4, 0.5) is 10.5 Å². The predicted molar refractivity (Wildman–Crippen MR) is 109 cm³/mol. The number of ether oxygens (including phenoxy) is 3. The van der Waals surface area contributed by atoms with Gasteiger partial charge in [-0.3, -0.25) is 4.90 Å². The molecule has 0 bridgehead atoms. The van der Waals surface area contributed by atoms with Gasteiger partial charge in [-0.1, -0.05) is 0 Å². The zero-order valence-corrected chi connectivity index (χ0v) is 17.8. The Morgan fingerprint density at radius 2 is 1.89 bits per heavy atom. The van der Waals surface area contributed by atoms with Crippen LogP contribution in [0, 0.1) is 6.92 Å². The molecule has 0 radical (unpaired) electrons. The fourth-order valence-electron chi connectivity index (χ4n) is 3.08. The number of hydrogen-bond donors (Lipinski definition) is 0. The van der Waals surface area contributed by atoms with Crippen molar-refractivity contribution >= 4 is 27.7 Å². The number of carbonyl (C=O) groups excluding carboxylic acids is 1. The monoisotopic (exact) mass is 433 g/mol. The molecule has 0 unspecified atom stereocenters. The van der Waals surface area contributed by atoms with Crippen molar-refractivity contribution in [3.8, 4) is 17.2 Å². The van der Waals surface area contributed by atoms with Crippen molar-refractivity contribution in [3.05, 3.63) is 45.9 Å². The number of amides is 1. The zero-order valence-electron chi connectivity index (χ0n) is 16.3. The molecule has 3 rings (SSSR count). The van der Waals surface area contributed by atoms with Gasteiger partial charge >= 0.3 is 6.09 Å². The number of benzene rings is 2. The molecule has 1 amide bonds. The van der Waals surface area contributed by atoms with Crippen LogP contribution in [0.25, 0.3) is 0 Å². The van der Waals surface area contributed by atoms with Crippen LogP contribution in [0.3, 0.4) is 0 Å². The lowest BCUT2D eigenvalue weighted by Gasteiger charge is -2.25. The molecule has 0 N–H and O–H groups in total. The molecule has 27 heavy (non-hydrogen) atoms. The number of fused-ring (bicyclic) bond motifs is 1. The van der Waals surface area contributed by atoms with Crippen molar-refractivity contribution in [1.29, 1.82) is 0 Å². The average Bonchev–Trinajstić information content (AvgIpc) is 3.02. The summed E-state index contributed by atoms with van der Waals surface area (Å²) in [5.74, 6) is 2.17. The van der Waals surface area contributed by atoms with Crippen molar-refractivity contribution in [1.82, 2.24) is 0 Å². The normalized spacial score (nSPS) is 13.3. The first-order valence-electron chi connectivity index (χ1n) is 8.84. The minimum atomic E-state index is -0.515. The van der Waals surface area contributed by atoms with Gasteiger partial charge in [0.2, 0.25) is 0 Å². The van der Waals surface area contributed by atoms with Crippen LogP contribution in [-0.4, -0.2) is 25.3 Å². The van der Waals surface area contributed by atoms with Crippen LogP contribution >= 0.6 is 15.9 Å². The number of anilines is 1. The van der Waals surface area contributed by atoms with Gasteiger partial charge in [-0.2, -0.15) is 0 Å². The van der Waals surface area contributed by atoms with E-state index in [1.807, 2.05) is 58.0 Å². The molecule has 0 atom stereocenters. The fourth-order valence-corrected chi connectivity index (χ4v) is 3.49. The lowest BCUT2D eigenvalue weighted by atomic mass is 10.1. The van der Waals surface area contributed by atoms with Gasteiger partial charge in [0.05, 0.1) is 17.3 Å². The van der Waals surface area contributed by atoms with Crippen molar-refractivity contribution in [2.45, 2.75) is 39.7 Å². The summed E-state index contributed by atoms with van der Waals surface area (Å²) in [4.78, 5) is 14.2. The highest BCUT2D eigenvalue weighted by Crippen LogP contribution is 2.39. The molecule has 0 aliphatic carbocycles. The van der Waals surface area contributed by atoms with Crippen LogP contribution < -0.4 is 14.4 Å². The van der Waals surface area contributed by atoms with E-state index in [1.54, 1.807) is 12.0 Å². The number of nitrogens with zero attached hydrogens (tertiary/aromatic N) is 1. The second-order valence-corrected chi connectivity index (χ2v) is 8.32. The van der Waals surface area contributed by atoms with Crippen molar-refractivity contribution in [2.75, 3.05) is 18.6 Å². The lowest BCUT2D eigenvalue weighted by Crippen LogP contribution is -2.35. The third-order valence-electron chi connectivity index (χ3n) is 4.36. The van der Waals surface area contributed by atoms with Gasteiger partial charge in [0, 0.05) is 12.6 Å². The SMILES string of the molecule is COc1cc(Oc2ccc3c(c2C)CCN3C(=O)OC(C)(C)C)ccc1Br. The summed E-state index contributed by atoms with van der Waals surface area (Å²) in [5, 5.41) is 0. The second kappa shape index (κ2) is 7.43. The van der Waals surface area contributed by atoms with Gasteiger partial charge in [-0.05, 0) is 85.4 Å². The molecule has 1 aliphatic heterocycles. The molecule has 0 fully saturated rings. The summed E-state index contributed by atoms with van der Waals surface area (Å²) < 4.78 is 17.8. The molecule has 6 heteroatoms. The maximum Gasteiger partial charge on any atom is 0.414 e. The van der Waals surface area contributed by atoms with Crippen LogP contribution in [0.15, 0.2) is 34.8 Å². The third kappa shape index (κ3) is 4.21. The van der Waals surface area contributed by atoms with E-state index in [0.717, 1.165) is 33.5 Å². The molecule has 144 valence electrons. The molecule has 1 heterocycles. The van der Waals surface area contributed by atoms with Gasteiger partial charge in [-0.25, -0.2) is 4.79 Å². The Morgan fingerprint density at radius 1 is 1.15 bits per heavy atom. The molecule has 5 nitrogen and oxygen atoms in total. The van der Waals surface area contributed by atoms with E-state index in [4.69, 9.17) is 14.2 Å². The summed E-state index contributed by atoms with van der Waals surface area (Å²) in [6.07, 6.45) is 0.466. The van der Waals surface area contributed by atoms with E-state index >= 15 is 0 Å². The van der Waals surface area contributed by atoms with Crippen LogP contribution in [0.2, 0.25) is 0 Å². The lowest BCUT2D eigenvalue weighted by molar-refractivity contribution is 0.0584. The van der Waals surface area contributed by atoms with E-state index in [1.165, 1.54) is 0 Å². The van der Waals surface area contributed by atoms with Gasteiger partial charge in [0.15, 0.2) is 0 Å². The molecule has 0 saturated carbocycles. The molecule has 0 spiro atoms. The minimum absolute atomic E-state index is 0.313. The second-order valence-electron chi connectivity index (χ2n) is 7.47. The van der Waals surface area contributed by atoms with E-state index in [-0.39, 0.29) is 6.09 Å². The van der Waals surface area contributed by atoms with Crippen LogP contribution in [0.5, 0.6) is 17.2 Å². The molecule has 0 saturated heterocycles. The van der Waals surface area contributed by atoms with Crippen LogP contribution in [-0.2, 0) is 11.2 Å². The summed E-state index contributed by atoms with van der Waals surface area (Å²) in [5.41, 5.74) is 2.52. The smallest absolute Gasteiger partial charge is 0.414 e. The van der Waals surface area contributed by atoms with Gasteiger partial charge in [0.25, 0.3) is 0 Å². The minimum Gasteiger partial charge on any atom is -0.495 e. The van der Waals surface area contributed by atoms with E-state index in [0.29, 0.717) is 18.0 Å². The Balaban J connectivity index is 1.85. The maximum absolute atomic E-state index is 12.5. The standard InChI is InChI=1S/C21H24BrNO4/c1-13-15-10-11-23(20(24)27-21(2,3)4)17(15)8-9-18(13)26-14-6-7-16(22)19(12-14)25-5/h6-9,12H,10-11H2,1-5H3. The fraction of sp³-hybridized carbons (Fsp3) is 0.381. The number of methoxy groups -OCH3 is 1. The number of halogens is 1. The average molecular weight is 434 g/mol. The van der Waals surface area contributed by atoms with E-state index in [9.17, 15) is 4.79 Å². The van der Waals surface area contributed by atoms with Gasteiger partial charge < -0.3 is 14.2 Å². The first kappa shape index (κ1) is 19.5. The van der Waals surface area contributed by atoms with E-state index in [2.05, 4.69) is 15.9 Å². The number of carbonyl (C=O) groups is 1. The Kier molecular flexibility index (Phi) is 5.38. The van der Waals surface area contributed by atoms with Gasteiger partial charge in [-0.15, -0.1) is 0 Å². The highest BCUT2D eigenvalue weighted by Gasteiger charge is 2.30. The molecule has 0 aromatic heterocycles. The first-order valence-corrected chi connectivity index (χ1v) is 9.63. The maximum atomic E-state index is 12.5. The zero-order chi connectivity index (χ0) is 19.8. The summed E-state index contributed by atoms with van der Waals surface area (Å²) in [6, 6.07) is 9.42. The Bertz CT molecular complexity index is 873. The highest BCUT2D eigenvalue weighted by molar-refractivity contribution is 9.10. The highest BCUT2D eigenvalue weighted by atomic mass is 79.9. The topological polar surface area (TPSA) is 48.0 Å². The van der Waals surface area contributed by atoms with Crippen molar-refractivity contribution < 1.29 is 19.0 Å². The molecule has 1 aliphatic rings. The van der Waals surface area contributed by atoms with E-state index < -0.39 is 5.60 Å². The van der Waals surface area contributed by atoms with Crippen molar-refractivity contribution in [2.24, 2.45) is 0 Å². The van der Waals surface area contributed by atoms with Crippen LogP contribution in [0.1, 0.15) is 31.9 Å². The van der Waals surface area contributed by atoms with Crippen molar-refractivity contribution in [3.63, 3.8) is 0 Å². The van der Waals surface area contributed by atoms with Gasteiger partial charge in [0.1, 0.15) is 22.8 Å². The quantitative estimate of drug-likeness (QED) is 0.608. The Hall–Kier alpha value is -2.21. The summed E-state index contributed by atoms with van der Waals surface area (Å²) >= 11 is 3.44. The number of hydrogen-bond acceptors (Lipinski definition) is 4. The first-order chi connectivity index (χ1) is 12.7. The molecular weight excluding hydrogens is 410 g/mol. The Morgan fingerprint density at radius 3 is 2.56 bits per heavy atom. The Labute approximate surface area is 168 Å². The summed E-state index contributed by atoms with van der Waals surface area (Å²) in [7, 11) is 1.62. The largest absolute Gasteiger partial charge is 0.495 e.